The van der Waals surface area contributed by atoms with E-state index in [2.05, 4.69) is 31.0 Å². The van der Waals surface area contributed by atoms with Crippen LogP contribution in [0.4, 0.5) is 5.69 Å². The second-order valence-corrected chi connectivity index (χ2v) is 9.57. The Morgan fingerprint density at radius 2 is 1.77 bits per heavy atom. The molecule has 160 valence electrons. The van der Waals surface area contributed by atoms with Crippen LogP contribution in [0.3, 0.4) is 0 Å². The SMILES string of the molecule is C[C@H](Oc1ccc(Br)cc1)C(=O)Nc1ccc(S(=O)(=O)NC2=NCCCCC2)cc1. The zero-order valence-electron chi connectivity index (χ0n) is 16.6. The number of carbonyl (C=O) groups excluding carboxylic acids is 1. The standard InChI is InChI=1S/C21H24BrN3O4S/c1-15(29-18-10-6-16(22)7-11-18)21(26)24-17-8-12-19(13-9-17)30(27,28)25-20-5-3-2-4-14-23-20/h6-13,15H,2-5,14H2,1H3,(H,23,25)(H,24,26)/t15-/m0/s1. The molecule has 0 fully saturated rings. The smallest absolute Gasteiger partial charge is 0.265 e. The van der Waals surface area contributed by atoms with Crippen LogP contribution in [-0.2, 0) is 14.8 Å². The minimum absolute atomic E-state index is 0.117. The number of benzene rings is 2. The summed E-state index contributed by atoms with van der Waals surface area (Å²) in [6.45, 7) is 2.29. The zero-order valence-corrected chi connectivity index (χ0v) is 19.0. The number of carbonyl (C=O) groups is 1. The Morgan fingerprint density at radius 3 is 2.47 bits per heavy atom. The summed E-state index contributed by atoms with van der Waals surface area (Å²) in [6.07, 6.45) is 2.86. The van der Waals surface area contributed by atoms with Gasteiger partial charge in [-0.25, -0.2) is 8.42 Å². The Kier molecular flexibility index (Phi) is 7.49. The maximum atomic E-state index is 12.6. The molecule has 1 amide bonds. The molecular formula is C21H24BrN3O4S. The number of halogens is 1. The predicted octanol–water partition coefficient (Wildman–Crippen LogP) is 4.11. The number of amidine groups is 1. The fourth-order valence-corrected chi connectivity index (χ4v) is 4.26. The molecule has 0 aromatic heterocycles. The maximum absolute atomic E-state index is 12.6. The molecule has 1 heterocycles. The Morgan fingerprint density at radius 1 is 1.07 bits per heavy atom. The average Bonchev–Trinajstić information content (AvgIpc) is 2.98. The van der Waals surface area contributed by atoms with Crippen LogP contribution in [0.1, 0.15) is 32.6 Å². The predicted molar refractivity (Wildman–Crippen MR) is 120 cm³/mol. The van der Waals surface area contributed by atoms with Crippen molar-refractivity contribution in [3.8, 4) is 5.75 Å². The number of anilines is 1. The number of rotatable bonds is 6. The highest BCUT2D eigenvalue weighted by Gasteiger charge is 2.18. The van der Waals surface area contributed by atoms with Crippen LogP contribution >= 0.6 is 15.9 Å². The first-order valence-electron chi connectivity index (χ1n) is 9.73. The molecular weight excluding hydrogens is 470 g/mol. The molecule has 7 nitrogen and oxygen atoms in total. The lowest BCUT2D eigenvalue weighted by molar-refractivity contribution is -0.122. The number of nitrogens with one attached hydrogen (secondary N) is 2. The first-order chi connectivity index (χ1) is 14.3. The quantitative estimate of drug-likeness (QED) is 0.632. The van der Waals surface area contributed by atoms with Crippen LogP contribution < -0.4 is 14.8 Å². The minimum Gasteiger partial charge on any atom is -0.481 e. The van der Waals surface area contributed by atoms with Gasteiger partial charge >= 0.3 is 0 Å². The van der Waals surface area contributed by atoms with E-state index in [1.165, 1.54) is 12.1 Å². The van der Waals surface area contributed by atoms with Gasteiger partial charge in [-0.15, -0.1) is 0 Å². The summed E-state index contributed by atoms with van der Waals surface area (Å²) in [5.74, 6) is 0.748. The van der Waals surface area contributed by atoms with Crippen LogP contribution in [0.25, 0.3) is 0 Å². The third-order valence-corrected chi connectivity index (χ3v) is 6.48. The second kappa shape index (κ2) is 10.1. The lowest BCUT2D eigenvalue weighted by Crippen LogP contribution is -2.31. The summed E-state index contributed by atoms with van der Waals surface area (Å²) >= 11 is 3.35. The van der Waals surface area contributed by atoms with E-state index in [0.29, 0.717) is 30.2 Å². The van der Waals surface area contributed by atoms with Crippen molar-refractivity contribution in [3.05, 3.63) is 53.0 Å². The molecule has 0 radical (unpaired) electrons. The third-order valence-electron chi connectivity index (χ3n) is 4.55. The Bertz CT molecular complexity index is 1010. The minimum atomic E-state index is -3.70. The summed E-state index contributed by atoms with van der Waals surface area (Å²) in [5.41, 5.74) is 0.483. The van der Waals surface area contributed by atoms with Crippen molar-refractivity contribution < 1.29 is 17.9 Å². The molecule has 1 aliphatic heterocycles. The van der Waals surface area contributed by atoms with Gasteiger partial charge in [0.1, 0.15) is 11.6 Å². The molecule has 0 saturated carbocycles. The number of aliphatic imine (C=N–C) groups is 1. The zero-order chi connectivity index (χ0) is 21.6. The van der Waals surface area contributed by atoms with Gasteiger partial charge in [0, 0.05) is 23.1 Å². The number of hydrogen-bond acceptors (Lipinski definition) is 5. The van der Waals surface area contributed by atoms with Gasteiger partial charge in [-0.2, -0.15) is 0 Å². The summed E-state index contributed by atoms with van der Waals surface area (Å²) in [4.78, 5) is 16.8. The molecule has 9 heteroatoms. The summed E-state index contributed by atoms with van der Waals surface area (Å²) < 4.78 is 34.3. The van der Waals surface area contributed by atoms with E-state index in [-0.39, 0.29) is 10.8 Å². The molecule has 0 aliphatic carbocycles. The molecule has 1 aliphatic rings. The first kappa shape index (κ1) is 22.3. The van der Waals surface area contributed by atoms with Gasteiger partial charge in [0.15, 0.2) is 6.10 Å². The highest BCUT2D eigenvalue weighted by atomic mass is 79.9. The molecule has 3 rings (SSSR count). The highest BCUT2D eigenvalue weighted by molar-refractivity contribution is 9.10. The summed E-state index contributed by atoms with van der Waals surface area (Å²) in [6, 6.07) is 13.2. The molecule has 2 aromatic rings. The van der Waals surface area contributed by atoms with Crippen LogP contribution in [0.15, 0.2) is 62.9 Å². The van der Waals surface area contributed by atoms with E-state index in [0.717, 1.165) is 23.7 Å². The molecule has 1 atom stereocenters. The molecule has 30 heavy (non-hydrogen) atoms. The van der Waals surface area contributed by atoms with E-state index in [1.807, 2.05) is 12.1 Å². The van der Waals surface area contributed by atoms with Crippen molar-refractivity contribution in [1.82, 2.24) is 4.72 Å². The summed E-state index contributed by atoms with van der Waals surface area (Å²) in [7, 11) is -3.70. The van der Waals surface area contributed by atoms with E-state index < -0.39 is 16.1 Å². The van der Waals surface area contributed by atoms with Crippen molar-refractivity contribution in [1.29, 1.82) is 0 Å². The van der Waals surface area contributed by atoms with Gasteiger partial charge in [0.2, 0.25) is 0 Å². The first-order valence-corrected chi connectivity index (χ1v) is 12.0. The number of amides is 1. The van der Waals surface area contributed by atoms with Crippen LogP contribution in [0, 0.1) is 0 Å². The molecule has 2 N–H and O–H groups in total. The normalized spacial score (nSPS) is 15.5. The average molecular weight is 494 g/mol. The Hall–Kier alpha value is -2.39. The van der Waals surface area contributed by atoms with Gasteiger partial charge in [0.05, 0.1) is 4.90 Å². The third kappa shape index (κ3) is 6.30. The topological polar surface area (TPSA) is 96.9 Å². The van der Waals surface area contributed by atoms with E-state index in [1.54, 1.807) is 31.2 Å². The number of hydrogen-bond donors (Lipinski definition) is 2. The Labute approximate surface area is 185 Å². The van der Waals surface area contributed by atoms with Crippen LogP contribution in [-0.4, -0.2) is 32.8 Å². The van der Waals surface area contributed by atoms with Gasteiger partial charge < -0.3 is 10.1 Å². The fourth-order valence-electron chi connectivity index (χ4n) is 2.90. The number of sulfonamides is 1. The second-order valence-electron chi connectivity index (χ2n) is 6.97. The molecule has 0 saturated heterocycles. The largest absolute Gasteiger partial charge is 0.481 e. The fraction of sp³-hybridized carbons (Fsp3) is 0.333. The number of ether oxygens (including phenoxy) is 1. The van der Waals surface area contributed by atoms with Gasteiger partial charge in [-0.05, 0) is 68.3 Å². The summed E-state index contributed by atoms with van der Waals surface area (Å²) in [5, 5.41) is 2.73. The lowest BCUT2D eigenvalue weighted by atomic mass is 10.2. The van der Waals surface area contributed by atoms with Crippen molar-refractivity contribution in [2.75, 3.05) is 11.9 Å². The Balaban J connectivity index is 1.59. The van der Waals surface area contributed by atoms with Crippen LogP contribution in [0.5, 0.6) is 5.75 Å². The van der Waals surface area contributed by atoms with Gasteiger partial charge in [-0.3, -0.25) is 14.5 Å². The van der Waals surface area contributed by atoms with Gasteiger partial charge in [0.25, 0.3) is 15.9 Å². The monoisotopic (exact) mass is 493 g/mol. The van der Waals surface area contributed by atoms with Crippen molar-refractivity contribution in [2.24, 2.45) is 4.99 Å². The highest BCUT2D eigenvalue weighted by Crippen LogP contribution is 2.19. The van der Waals surface area contributed by atoms with E-state index in [9.17, 15) is 13.2 Å². The molecule has 2 aromatic carbocycles. The van der Waals surface area contributed by atoms with Crippen molar-refractivity contribution >= 4 is 43.4 Å². The molecule has 0 spiro atoms. The molecule has 0 bridgehead atoms. The van der Waals surface area contributed by atoms with E-state index >= 15 is 0 Å². The molecule has 0 unspecified atom stereocenters. The lowest BCUT2D eigenvalue weighted by Gasteiger charge is -2.15. The number of nitrogens with zero attached hydrogens (tertiary/aromatic N) is 1. The maximum Gasteiger partial charge on any atom is 0.265 e. The van der Waals surface area contributed by atoms with Crippen molar-refractivity contribution in [3.63, 3.8) is 0 Å². The van der Waals surface area contributed by atoms with Gasteiger partial charge in [-0.1, -0.05) is 22.4 Å². The van der Waals surface area contributed by atoms with Crippen molar-refractivity contribution in [2.45, 2.75) is 43.6 Å². The van der Waals surface area contributed by atoms with E-state index in [4.69, 9.17) is 4.74 Å². The van der Waals surface area contributed by atoms with Crippen LogP contribution in [0.2, 0.25) is 0 Å².